The molecule has 1 aliphatic rings. The van der Waals surface area contributed by atoms with Crippen molar-refractivity contribution in [1.29, 1.82) is 0 Å². The Morgan fingerprint density at radius 2 is 1.58 bits per heavy atom. The highest BCUT2D eigenvalue weighted by atomic mass is 32.2. The monoisotopic (exact) mass is 482 g/mol. The lowest BCUT2D eigenvalue weighted by atomic mass is 9.92. The SMILES string of the molecule is CC(C)S(=O)(=O)N[C@H]1CCC[C@@H]1c1ccc(-c2ccc(CCNC(=O)C(F)(F)F)cc2)cc1. The highest BCUT2D eigenvalue weighted by Gasteiger charge is 2.38. The van der Waals surface area contributed by atoms with E-state index in [0.29, 0.717) is 6.42 Å². The summed E-state index contributed by atoms with van der Waals surface area (Å²) in [5.41, 5.74) is 3.88. The second-order valence-electron chi connectivity index (χ2n) is 8.68. The molecule has 0 heterocycles. The summed E-state index contributed by atoms with van der Waals surface area (Å²) < 4.78 is 64.1. The third-order valence-corrected chi connectivity index (χ3v) is 7.91. The lowest BCUT2D eigenvalue weighted by Crippen LogP contribution is -2.40. The molecule has 5 nitrogen and oxygen atoms in total. The van der Waals surface area contributed by atoms with Gasteiger partial charge in [0.2, 0.25) is 10.0 Å². The van der Waals surface area contributed by atoms with Gasteiger partial charge in [-0.15, -0.1) is 0 Å². The number of carbonyl (C=O) groups excluding carboxylic acids is 1. The van der Waals surface area contributed by atoms with Gasteiger partial charge in [-0.1, -0.05) is 55.0 Å². The maximum Gasteiger partial charge on any atom is 0.471 e. The lowest BCUT2D eigenvalue weighted by Gasteiger charge is -2.23. The van der Waals surface area contributed by atoms with Gasteiger partial charge in [0, 0.05) is 18.5 Å². The van der Waals surface area contributed by atoms with E-state index in [-0.39, 0.29) is 18.5 Å². The first-order chi connectivity index (χ1) is 15.5. The van der Waals surface area contributed by atoms with Crippen molar-refractivity contribution in [2.45, 2.75) is 62.9 Å². The lowest BCUT2D eigenvalue weighted by molar-refractivity contribution is -0.173. The van der Waals surface area contributed by atoms with Gasteiger partial charge < -0.3 is 5.32 Å². The van der Waals surface area contributed by atoms with E-state index < -0.39 is 27.4 Å². The number of hydrogen-bond donors (Lipinski definition) is 2. The van der Waals surface area contributed by atoms with Gasteiger partial charge in [0.15, 0.2) is 0 Å². The predicted molar refractivity (Wildman–Crippen MR) is 122 cm³/mol. The first kappa shape index (κ1) is 25.2. The number of sulfonamides is 1. The predicted octanol–water partition coefficient (Wildman–Crippen LogP) is 4.54. The van der Waals surface area contributed by atoms with Crippen LogP contribution < -0.4 is 10.0 Å². The number of hydrogen-bond acceptors (Lipinski definition) is 3. The van der Waals surface area contributed by atoms with Crippen LogP contribution in [0.15, 0.2) is 48.5 Å². The molecule has 0 unspecified atom stereocenters. The molecule has 0 spiro atoms. The minimum absolute atomic E-state index is 0.0878. The molecule has 0 aliphatic heterocycles. The van der Waals surface area contributed by atoms with Crippen LogP contribution in [-0.4, -0.2) is 38.3 Å². The Labute approximate surface area is 192 Å². The molecule has 1 amide bonds. The van der Waals surface area contributed by atoms with Crippen LogP contribution in [0.2, 0.25) is 0 Å². The van der Waals surface area contributed by atoms with Crippen LogP contribution in [0.25, 0.3) is 11.1 Å². The molecule has 2 aromatic rings. The molecule has 33 heavy (non-hydrogen) atoms. The van der Waals surface area contributed by atoms with E-state index in [4.69, 9.17) is 0 Å². The number of carbonyl (C=O) groups is 1. The van der Waals surface area contributed by atoms with E-state index in [2.05, 4.69) is 4.72 Å². The Balaban J connectivity index is 1.61. The summed E-state index contributed by atoms with van der Waals surface area (Å²) in [4.78, 5) is 10.9. The summed E-state index contributed by atoms with van der Waals surface area (Å²) in [5.74, 6) is -1.79. The Morgan fingerprint density at radius 3 is 2.12 bits per heavy atom. The third-order valence-electron chi connectivity index (χ3n) is 6.04. The van der Waals surface area contributed by atoms with E-state index >= 15 is 0 Å². The number of halogens is 3. The minimum Gasteiger partial charge on any atom is -0.348 e. The third kappa shape index (κ3) is 6.57. The molecule has 0 aromatic heterocycles. The molecule has 3 rings (SSSR count). The minimum atomic E-state index is -4.87. The molecule has 0 bridgehead atoms. The molecule has 2 aromatic carbocycles. The average molecular weight is 483 g/mol. The summed E-state index contributed by atoms with van der Waals surface area (Å²) in [5, 5.41) is 1.40. The van der Waals surface area contributed by atoms with E-state index in [1.165, 1.54) is 0 Å². The van der Waals surface area contributed by atoms with Gasteiger partial charge in [-0.05, 0) is 55.4 Å². The number of alkyl halides is 3. The number of benzene rings is 2. The molecule has 180 valence electrons. The smallest absolute Gasteiger partial charge is 0.348 e. The van der Waals surface area contributed by atoms with Gasteiger partial charge in [-0.2, -0.15) is 13.2 Å². The average Bonchev–Trinajstić information content (AvgIpc) is 3.21. The summed E-state index contributed by atoms with van der Waals surface area (Å²) in [6.07, 6.45) is -1.83. The van der Waals surface area contributed by atoms with E-state index in [9.17, 15) is 26.4 Å². The Bertz CT molecular complexity index is 1050. The van der Waals surface area contributed by atoms with Crippen LogP contribution in [0.5, 0.6) is 0 Å². The van der Waals surface area contributed by atoms with E-state index in [0.717, 1.165) is 41.5 Å². The first-order valence-electron chi connectivity index (χ1n) is 11.0. The van der Waals surface area contributed by atoms with Gasteiger partial charge in [0.25, 0.3) is 0 Å². The zero-order valence-corrected chi connectivity index (χ0v) is 19.5. The maximum absolute atomic E-state index is 12.3. The quantitative estimate of drug-likeness (QED) is 0.580. The fourth-order valence-electron chi connectivity index (χ4n) is 4.05. The van der Waals surface area contributed by atoms with Gasteiger partial charge in [0.05, 0.1) is 5.25 Å². The summed E-state index contributed by atoms with van der Waals surface area (Å²) in [6.45, 7) is 3.26. The topological polar surface area (TPSA) is 75.3 Å². The van der Waals surface area contributed by atoms with Crippen LogP contribution in [0, 0.1) is 0 Å². The zero-order chi connectivity index (χ0) is 24.2. The highest BCUT2D eigenvalue weighted by molar-refractivity contribution is 7.90. The standard InChI is InChI=1S/C24H29F3N2O3S/c1-16(2)33(31,32)29-22-5-3-4-21(22)20-12-10-19(11-13-20)18-8-6-17(7-9-18)14-15-28-23(30)24(25,26)27/h6-13,16,21-22,29H,3-5,14-15H2,1-2H3,(H,28,30)/t21-,22+/m1/s1. The van der Waals surface area contributed by atoms with Crippen LogP contribution >= 0.6 is 0 Å². The normalized spacial score (nSPS) is 19.1. The second kappa shape index (κ2) is 10.3. The summed E-state index contributed by atoms with van der Waals surface area (Å²) in [6, 6.07) is 15.4. The molecule has 2 N–H and O–H groups in total. The molecule has 2 atom stereocenters. The van der Waals surface area contributed by atoms with Crippen molar-refractivity contribution in [3.8, 4) is 11.1 Å². The fraction of sp³-hybridized carbons (Fsp3) is 0.458. The maximum atomic E-state index is 12.3. The molecule has 9 heteroatoms. The first-order valence-corrected chi connectivity index (χ1v) is 12.6. The van der Waals surface area contributed by atoms with E-state index in [1.54, 1.807) is 13.8 Å². The highest BCUT2D eigenvalue weighted by Crippen LogP contribution is 2.36. The van der Waals surface area contributed by atoms with Crippen molar-refractivity contribution < 1.29 is 26.4 Å². The van der Waals surface area contributed by atoms with Gasteiger partial charge in [-0.25, -0.2) is 13.1 Å². The van der Waals surface area contributed by atoms with Gasteiger partial charge >= 0.3 is 12.1 Å². The second-order valence-corrected chi connectivity index (χ2v) is 10.9. The molecule has 1 aliphatic carbocycles. The summed E-state index contributed by atoms with van der Waals surface area (Å²) >= 11 is 0. The van der Waals surface area contributed by atoms with Crippen LogP contribution in [0.4, 0.5) is 13.2 Å². The van der Waals surface area contributed by atoms with Gasteiger partial charge in [-0.3, -0.25) is 4.79 Å². The number of amides is 1. The van der Waals surface area contributed by atoms with Crippen molar-refractivity contribution in [3.05, 3.63) is 59.7 Å². The number of rotatable bonds is 8. The van der Waals surface area contributed by atoms with Crippen molar-refractivity contribution >= 4 is 15.9 Å². The van der Waals surface area contributed by atoms with Gasteiger partial charge in [0.1, 0.15) is 0 Å². The zero-order valence-electron chi connectivity index (χ0n) is 18.7. The Morgan fingerprint density at radius 1 is 1.00 bits per heavy atom. The molecular weight excluding hydrogens is 453 g/mol. The van der Waals surface area contributed by atoms with Crippen LogP contribution in [0.3, 0.4) is 0 Å². The van der Waals surface area contributed by atoms with Crippen molar-refractivity contribution in [2.24, 2.45) is 0 Å². The van der Waals surface area contributed by atoms with Crippen LogP contribution in [0.1, 0.15) is 50.2 Å². The van der Waals surface area contributed by atoms with Crippen molar-refractivity contribution in [2.75, 3.05) is 6.54 Å². The molecule has 1 fully saturated rings. The molecule has 1 saturated carbocycles. The largest absolute Gasteiger partial charge is 0.471 e. The Hall–Kier alpha value is -2.39. The molecule has 0 radical (unpaired) electrons. The number of nitrogens with one attached hydrogen (secondary N) is 2. The molecular formula is C24H29F3N2O3S. The summed E-state index contributed by atoms with van der Waals surface area (Å²) in [7, 11) is -3.33. The fourth-order valence-corrected chi connectivity index (χ4v) is 5.03. The molecule has 0 saturated heterocycles. The van der Waals surface area contributed by atoms with Crippen molar-refractivity contribution in [3.63, 3.8) is 0 Å². The Kier molecular flexibility index (Phi) is 7.84. The van der Waals surface area contributed by atoms with Crippen molar-refractivity contribution in [1.82, 2.24) is 10.0 Å². The van der Waals surface area contributed by atoms with Crippen LogP contribution in [-0.2, 0) is 21.2 Å². The van der Waals surface area contributed by atoms with E-state index in [1.807, 2.05) is 53.8 Å².